The monoisotopic (exact) mass is 263 g/mol. The lowest BCUT2D eigenvalue weighted by molar-refractivity contribution is 0.188. The Kier molecular flexibility index (Phi) is 5.08. The number of benzene rings is 1. The molecule has 0 aliphatic heterocycles. The van der Waals surface area contributed by atoms with E-state index in [1.807, 2.05) is 24.3 Å². The molecule has 0 aromatic heterocycles. The number of aliphatic hydroxyl groups excluding tert-OH is 1. The van der Waals surface area contributed by atoms with Crippen molar-refractivity contribution in [3.63, 3.8) is 0 Å². The summed E-state index contributed by atoms with van der Waals surface area (Å²) in [6.45, 7) is 2.51. The van der Waals surface area contributed by atoms with Crippen LogP contribution in [0.5, 0.6) is 5.75 Å². The molecule has 1 aromatic rings. The van der Waals surface area contributed by atoms with Crippen LogP contribution in [0.15, 0.2) is 24.3 Å². The zero-order valence-corrected chi connectivity index (χ0v) is 11.9. The van der Waals surface area contributed by atoms with E-state index >= 15 is 0 Å². The summed E-state index contributed by atoms with van der Waals surface area (Å²) in [6, 6.07) is 8.07. The molecule has 0 spiro atoms. The van der Waals surface area contributed by atoms with Gasteiger partial charge in [-0.1, -0.05) is 19.8 Å². The molecule has 3 nitrogen and oxygen atoms in total. The van der Waals surface area contributed by atoms with Crippen molar-refractivity contribution in [2.24, 2.45) is 11.8 Å². The Morgan fingerprint density at radius 1 is 1.32 bits per heavy atom. The maximum absolute atomic E-state index is 9.64. The molecule has 0 heterocycles. The summed E-state index contributed by atoms with van der Waals surface area (Å²) in [6.07, 6.45) is 5.05. The molecule has 0 amide bonds. The molecule has 1 fully saturated rings. The van der Waals surface area contributed by atoms with E-state index < -0.39 is 0 Å². The van der Waals surface area contributed by atoms with Crippen LogP contribution in [0.2, 0.25) is 0 Å². The number of rotatable bonds is 5. The highest BCUT2D eigenvalue weighted by Crippen LogP contribution is 2.32. The van der Waals surface area contributed by atoms with E-state index in [1.54, 1.807) is 7.11 Å². The lowest BCUT2D eigenvalue weighted by Gasteiger charge is -2.33. The summed E-state index contributed by atoms with van der Waals surface area (Å²) in [5, 5.41) is 13.1. The van der Waals surface area contributed by atoms with Crippen LogP contribution in [0.1, 0.15) is 32.6 Å². The highest BCUT2D eigenvalue weighted by atomic mass is 16.5. The first-order chi connectivity index (χ1) is 9.22. The van der Waals surface area contributed by atoms with Crippen LogP contribution in [0.25, 0.3) is 0 Å². The molecular formula is C16H25NO2. The van der Waals surface area contributed by atoms with Gasteiger partial charge in [0.1, 0.15) is 5.75 Å². The lowest BCUT2D eigenvalue weighted by atomic mass is 9.78. The van der Waals surface area contributed by atoms with Gasteiger partial charge in [0.05, 0.1) is 19.8 Å². The molecule has 2 N–H and O–H groups in total. The molecule has 1 aliphatic carbocycles. The standard InChI is InChI=1S/C16H25NO2/c1-12-4-3-5-13(10-12)16(11-18)17-14-6-8-15(19-2)9-7-14/h6-9,12-13,16-18H,3-5,10-11H2,1-2H3. The van der Waals surface area contributed by atoms with Crippen LogP contribution in [0.4, 0.5) is 5.69 Å². The normalized spacial score (nSPS) is 24.8. The van der Waals surface area contributed by atoms with E-state index in [0.717, 1.165) is 17.4 Å². The first-order valence-electron chi connectivity index (χ1n) is 7.24. The van der Waals surface area contributed by atoms with Crippen LogP contribution in [-0.4, -0.2) is 24.9 Å². The highest BCUT2D eigenvalue weighted by Gasteiger charge is 2.26. The van der Waals surface area contributed by atoms with E-state index in [1.165, 1.54) is 25.7 Å². The van der Waals surface area contributed by atoms with Gasteiger partial charge in [-0.15, -0.1) is 0 Å². The number of hydrogen-bond acceptors (Lipinski definition) is 3. The van der Waals surface area contributed by atoms with Gasteiger partial charge in [0.15, 0.2) is 0 Å². The van der Waals surface area contributed by atoms with Crippen molar-refractivity contribution < 1.29 is 9.84 Å². The average Bonchev–Trinajstić information content (AvgIpc) is 2.45. The molecule has 3 atom stereocenters. The SMILES string of the molecule is COc1ccc(NC(CO)C2CCCC(C)C2)cc1. The maximum Gasteiger partial charge on any atom is 0.119 e. The van der Waals surface area contributed by atoms with Crippen molar-refractivity contribution >= 4 is 5.69 Å². The molecule has 1 aliphatic rings. The van der Waals surface area contributed by atoms with Gasteiger partial charge in [0.2, 0.25) is 0 Å². The summed E-state index contributed by atoms with van der Waals surface area (Å²) < 4.78 is 5.15. The van der Waals surface area contributed by atoms with Crippen LogP contribution in [0, 0.1) is 11.8 Å². The minimum atomic E-state index is 0.163. The fourth-order valence-corrected chi connectivity index (χ4v) is 3.06. The highest BCUT2D eigenvalue weighted by molar-refractivity contribution is 5.47. The van der Waals surface area contributed by atoms with Crippen LogP contribution in [-0.2, 0) is 0 Å². The summed E-state index contributed by atoms with van der Waals surface area (Å²) in [4.78, 5) is 0. The molecule has 0 radical (unpaired) electrons. The topological polar surface area (TPSA) is 41.5 Å². The summed E-state index contributed by atoms with van der Waals surface area (Å²) >= 11 is 0. The van der Waals surface area contributed by atoms with Gasteiger partial charge in [-0.2, -0.15) is 0 Å². The number of anilines is 1. The minimum absolute atomic E-state index is 0.163. The predicted molar refractivity (Wildman–Crippen MR) is 78.6 cm³/mol. The smallest absolute Gasteiger partial charge is 0.119 e. The third kappa shape index (κ3) is 3.87. The second-order valence-corrected chi connectivity index (χ2v) is 5.69. The van der Waals surface area contributed by atoms with E-state index in [-0.39, 0.29) is 12.6 Å². The molecule has 106 valence electrons. The average molecular weight is 263 g/mol. The van der Waals surface area contributed by atoms with Crippen LogP contribution < -0.4 is 10.1 Å². The Morgan fingerprint density at radius 2 is 2.05 bits per heavy atom. The van der Waals surface area contributed by atoms with Gasteiger partial charge in [-0.25, -0.2) is 0 Å². The van der Waals surface area contributed by atoms with Crippen LogP contribution >= 0.6 is 0 Å². The number of aliphatic hydroxyl groups is 1. The molecule has 3 unspecified atom stereocenters. The first-order valence-corrected chi connectivity index (χ1v) is 7.24. The summed E-state index contributed by atoms with van der Waals surface area (Å²) in [5.41, 5.74) is 1.05. The van der Waals surface area contributed by atoms with Gasteiger partial charge < -0.3 is 15.2 Å². The molecule has 1 saturated carbocycles. The fraction of sp³-hybridized carbons (Fsp3) is 0.625. The van der Waals surface area contributed by atoms with E-state index in [9.17, 15) is 5.11 Å². The van der Waals surface area contributed by atoms with Gasteiger partial charge in [0.25, 0.3) is 0 Å². The second-order valence-electron chi connectivity index (χ2n) is 5.69. The molecule has 2 rings (SSSR count). The third-order valence-electron chi connectivity index (χ3n) is 4.18. The molecule has 3 heteroatoms. The summed E-state index contributed by atoms with van der Waals surface area (Å²) in [7, 11) is 1.67. The van der Waals surface area contributed by atoms with E-state index in [0.29, 0.717) is 5.92 Å². The van der Waals surface area contributed by atoms with Gasteiger partial charge in [-0.3, -0.25) is 0 Å². The number of nitrogens with one attached hydrogen (secondary N) is 1. The number of hydrogen-bond donors (Lipinski definition) is 2. The van der Waals surface area contributed by atoms with E-state index in [2.05, 4.69) is 12.2 Å². The first kappa shape index (κ1) is 14.2. The van der Waals surface area contributed by atoms with Gasteiger partial charge >= 0.3 is 0 Å². The van der Waals surface area contributed by atoms with Crippen molar-refractivity contribution in [2.75, 3.05) is 19.0 Å². The fourth-order valence-electron chi connectivity index (χ4n) is 3.06. The quantitative estimate of drug-likeness (QED) is 0.856. The Morgan fingerprint density at radius 3 is 2.63 bits per heavy atom. The molecule has 19 heavy (non-hydrogen) atoms. The molecule has 1 aromatic carbocycles. The van der Waals surface area contributed by atoms with Crippen LogP contribution in [0.3, 0.4) is 0 Å². The van der Waals surface area contributed by atoms with Gasteiger partial charge in [-0.05, 0) is 48.9 Å². The predicted octanol–water partition coefficient (Wildman–Crippen LogP) is 3.29. The number of methoxy groups -OCH3 is 1. The molecule has 0 saturated heterocycles. The Bertz CT molecular complexity index is 377. The van der Waals surface area contributed by atoms with E-state index in [4.69, 9.17) is 4.74 Å². The molecular weight excluding hydrogens is 238 g/mol. The third-order valence-corrected chi connectivity index (χ3v) is 4.18. The lowest BCUT2D eigenvalue weighted by Crippen LogP contribution is -2.35. The molecule has 0 bridgehead atoms. The zero-order chi connectivity index (χ0) is 13.7. The van der Waals surface area contributed by atoms with Crippen molar-refractivity contribution in [1.29, 1.82) is 0 Å². The van der Waals surface area contributed by atoms with Crippen molar-refractivity contribution in [3.05, 3.63) is 24.3 Å². The van der Waals surface area contributed by atoms with Crippen molar-refractivity contribution in [2.45, 2.75) is 38.6 Å². The second kappa shape index (κ2) is 6.80. The minimum Gasteiger partial charge on any atom is -0.497 e. The van der Waals surface area contributed by atoms with Crippen molar-refractivity contribution in [1.82, 2.24) is 0 Å². The van der Waals surface area contributed by atoms with Gasteiger partial charge in [0, 0.05) is 5.69 Å². The zero-order valence-electron chi connectivity index (χ0n) is 11.9. The number of ether oxygens (including phenoxy) is 1. The largest absolute Gasteiger partial charge is 0.497 e. The maximum atomic E-state index is 9.64. The summed E-state index contributed by atoms with van der Waals surface area (Å²) in [5.74, 6) is 2.22. The Balaban J connectivity index is 1.97. The Hall–Kier alpha value is -1.22. The van der Waals surface area contributed by atoms with Crippen molar-refractivity contribution in [3.8, 4) is 5.75 Å². The Labute approximate surface area is 116 Å².